The number of likely N-dealkylation sites (N-methyl/N-ethyl adjacent to an activating group) is 1. The van der Waals surface area contributed by atoms with Crippen LogP contribution in [0.3, 0.4) is 0 Å². The molecule has 2 heterocycles. The molecule has 4 N–H and O–H groups in total. The topological polar surface area (TPSA) is 174 Å². The van der Waals surface area contributed by atoms with E-state index in [0.29, 0.717) is 12.1 Å². The monoisotopic (exact) mass is 489 g/mol. The van der Waals surface area contributed by atoms with Crippen LogP contribution in [-0.2, 0) is 20.8 Å². The SMILES string of the molecule is CCN1CCN(C(=O)NC(C)(CCO)C(=O)C[C@H]2Cc3cccc(C(=O)O)c3OB2O)C(=O)C1=O. The van der Waals surface area contributed by atoms with Crippen molar-refractivity contribution in [3.8, 4) is 5.75 Å². The van der Waals surface area contributed by atoms with Crippen LogP contribution in [0, 0.1) is 0 Å². The number of carboxylic acid groups (broad SMARTS) is 1. The average molecular weight is 489 g/mol. The summed E-state index contributed by atoms with van der Waals surface area (Å²) in [7, 11) is -1.47. The van der Waals surface area contributed by atoms with E-state index in [-0.39, 0.29) is 43.7 Å². The van der Waals surface area contributed by atoms with Gasteiger partial charge in [0.1, 0.15) is 5.75 Å². The second kappa shape index (κ2) is 10.4. The number of carbonyl (C=O) groups excluding carboxylic acids is 4. The first-order valence-corrected chi connectivity index (χ1v) is 11.3. The van der Waals surface area contributed by atoms with Gasteiger partial charge in [0.25, 0.3) is 0 Å². The van der Waals surface area contributed by atoms with Crippen LogP contribution in [0.4, 0.5) is 4.79 Å². The Balaban J connectivity index is 1.74. The number of hydrogen-bond donors (Lipinski definition) is 4. The van der Waals surface area contributed by atoms with E-state index in [1.54, 1.807) is 13.0 Å². The van der Waals surface area contributed by atoms with Gasteiger partial charge >= 0.3 is 30.9 Å². The van der Waals surface area contributed by atoms with E-state index in [4.69, 9.17) is 4.65 Å². The smallest absolute Gasteiger partial charge is 0.526 e. The molecule has 1 aromatic rings. The van der Waals surface area contributed by atoms with E-state index in [9.17, 15) is 39.2 Å². The van der Waals surface area contributed by atoms with Crippen molar-refractivity contribution < 1.29 is 43.9 Å². The zero-order valence-corrected chi connectivity index (χ0v) is 19.5. The Hall–Kier alpha value is -3.45. The minimum Gasteiger partial charge on any atom is -0.535 e. The van der Waals surface area contributed by atoms with Crippen LogP contribution in [0.25, 0.3) is 0 Å². The Labute approximate surface area is 202 Å². The minimum absolute atomic E-state index is 0.0362. The number of imide groups is 1. The second-order valence-electron chi connectivity index (χ2n) is 8.78. The van der Waals surface area contributed by atoms with Gasteiger partial charge in [-0.3, -0.25) is 19.3 Å². The van der Waals surface area contributed by atoms with Crippen molar-refractivity contribution in [1.29, 1.82) is 0 Å². The molecular weight excluding hydrogens is 461 g/mol. The Morgan fingerprint density at radius 3 is 2.57 bits per heavy atom. The van der Waals surface area contributed by atoms with Crippen LogP contribution < -0.4 is 9.97 Å². The predicted octanol–water partition coefficient (Wildman–Crippen LogP) is -0.329. The molecule has 2 atom stereocenters. The highest BCUT2D eigenvalue weighted by Crippen LogP contribution is 2.37. The number of carbonyl (C=O) groups is 5. The fraction of sp³-hybridized carbons (Fsp3) is 0.500. The summed E-state index contributed by atoms with van der Waals surface area (Å²) in [6.45, 7) is 3.11. The average Bonchev–Trinajstić information content (AvgIpc) is 2.80. The quantitative estimate of drug-likeness (QED) is 0.282. The number of nitrogens with one attached hydrogen (secondary N) is 1. The van der Waals surface area contributed by atoms with Crippen molar-refractivity contribution in [2.45, 2.75) is 44.5 Å². The molecule has 0 spiro atoms. The van der Waals surface area contributed by atoms with E-state index >= 15 is 0 Å². The largest absolute Gasteiger partial charge is 0.535 e. The van der Waals surface area contributed by atoms with E-state index in [0.717, 1.165) is 4.90 Å². The molecule has 4 amide bonds. The van der Waals surface area contributed by atoms with Gasteiger partial charge < -0.3 is 30.1 Å². The summed E-state index contributed by atoms with van der Waals surface area (Å²) in [6.07, 6.45) is -0.276. The van der Waals surface area contributed by atoms with Gasteiger partial charge in [0, 0.05) is 44.9 Å². The molecule has 35 heavy (non-hydrogen) atoms. The predicted molar refractivity (Wildman–Crippen MR) is 122 cm³/mol. The molecule has 0 aromatic heterocycles. The lowest BCUT2D eigenvalue weighted by atomic mass is 9.63. The van der Waals surface area contributed by atoms with Gasteiger partial charge in [0.15, 0.2) is 5.78 Å². The van der Waals surface area contributed by atoms with Crippen LogP contribution in [0.1, 0.15) is 42.6 Å². The molecule has 13 heteroatoms. The summed E-state index contributed by atoms with van der Waals surface area (Å²) in [5.41, 5.74) is -1.19. The maximum atomic E-state index is 13.3. The molecule has 0 saturated carbocycles. The minimum atomic E-state index is -1.60. The number of nitrogens with zero attached hydrogens (tertiary/aromatic N) is 2. The molecule has 3 rings (SSSR count). The number of urea groups is 1. The van der Waals surface area contributed by atoms with E-state index in [1.807, 2.05) is 0 Å². The van der Waals surface area contributed by atoms with Gasteiger partial charge in [0.2, 0.25) is 0 Å². The van der Waals surface area contributed by atoms with Crippen molar-refractivity contribution in [2.75, 3.05) is 26.2 Å². The van der Waals surface area contributed by atoms with Gasteiger partial charge in [-0.2, -0.15) is 0 Å². The number of aliphatic hydroxyl groups excluding tert-OH is 1. The molecule has 12 nitrogen and oxygen atoms in total. The number of benzene rings is 1. The van der Waals surface area contributed by atoms with E-state index in [1.165, 1.54) is 24.0 Å². The number of piperazine rings is 1. The first-order valence-electron chi connectivity index (χ1n) is 11.3. The molecular formula is C22H28BN3O9. The van der Waals surface area contributed by atoms with Gasteiger partial charge in [-0.1, -0.05) is 12.1 Å². The Morgan fingerprint density at radius 1 is 1.23 bits per heavy atom. The van der Waals surface area contributed by atoms with Crippen molar-refractivity contribution >= 4 is 36.7 Å². The van der Waals surface area contributed by atoms with Crippen molar-refractivity contribution in [3.05, 3.63) is 29.3 Å². The van der Waals surface area contributed by atoms with E-state index < -0.39 is 54.7 Å². The third kappa shape index (κ3) is 5.30. The zero-order valence-electron chi connectivity index (χ0n) is 19.5. The maximum Gasteiger partial charge on any atom is 0.526 e. The summed E-state index contributed by atoms with van der Waals surface area (Å²) in [6, 6.07) is 3.59. The van der Waals surface area contributed by atoms with Gasteiger partial charge in [-0.05, 0) is 31.9 Å². The number of rotatable bonds is 8. The molecule has 0 bridgehead atoms. The van der Waals surface area contributed by atoms with Crippen LogP contribution in [0.2, 0.25) is 5.82 Å². The number of amides is 4. The van der Waals surface area contributed by atoms with Crippen LogP contribution in [0.15, 0.2) is 18.2 Å². The molecule has 188 valence electrons. The van der Waals surface area contributed by atoms with Crippen molar-refractivity contribution in [2.24, 2.45) is 0 Å². The molecule has 2 aliphatic rings. The van der Waals surface area contributed by atoms with Gasteiger partial charge in [-0.15, -0.1) is 0 Å². The lowest BCUT2D eigenvalue weighted by Gasteiger charge is -2.36. The normalized spacial score (nSPS) is 19.5. The standard InChI is InChI=1S/C22H28BN3O9/c1-3-25-8-9-26(19(30)18(25)29)21(33)24-22(2,7-10-27)16(28)12-14-11-13-5-4-6-15(20(31)32)17(13)35-23(14)34/h4-6,14,27,34H,3,7-12H2,1-2H3,(H,24,33)(H,31,32)/t14-,22?/m1/s1. The zero-order chi connectivity index (χ0) is 25.9. The van der Waals surface area contributed by atoms with Crippen LogP contribution in [-0.4, -0.2) is 93.5 Å². The number of aromatic carboxylic acids is 1. The summed E-state index contributed by atoms with van der Waals surface area (Å²) in [5, 5.41) is 31.8. The number of para-hydroxylation sites is 1. The highest BCUT2D eigenvalue weighted by Gasteiger charge is 2.44. The van der Waals surface area contributed by atoms with Gasteiger partial charge in [0.05, 0.1) is 11.1 Å². The Morgan fingerprint density at radius 2 is 1.94 bits per heavy atom. The molecule has 1 aromatic carbocycles. The summed E-state index contributed by atoms with van der Waals surface area (Å²) in [4.78, 5) is 64.0. The highest BCUT2D eigenvalue weighted by molar-refractivity contribution is 6.47. The van der Waals surface area contributed by atoms with Crippen LogP contribution in [0.5, 0.6) is 5.75 Å². The summed E-state index contributed by atoms with van der Waals surface area (Å²) in [5.74, 6) is -4.27. The van der Waals surface area contributed by atoms with Gasteiger partial charge in [-0.25, -0.2) is 9.59 Å². The summed E-state index contributed by atoms with van der Waals surface area (Å²) >= 11 is 0. The molecule has 0 radical (unpaired) electrons. The Kier molecular flexibility index (Phi) is 7.81. The molecule has 2 aliphatic heterocycles. The molecule has 1 saturated heterocycles. The number of aliphatic hydroxyl groups is 1. The maximum absolute atomic E-state index is 13.3. The number of hydrogen-bond acceptors (Lipinski definition) is 8. The van der Waals surface area contributed by atoms with Crippen molar-refractivity contribution in [3.63, 3.8) is 0 Å². The summed E-state index contributed by atoms with van der Waals surface area (Å²) < 4.78 is 5.42. The number of ketones is 1. The Bertz CT molecular complexity index is 1050. The fourth-order valence-electron chi connectivity index (χ4n) is 4.26. The first-order chi connectivity index (χ1) is 16.5. The molecule has 1 fully saturated rings. The molecule has 1 unspecified atom stereocenters. The lowest BCUT2D eigenvalue weighted by molar-refractivity contribution is -0.153. The number of fused-ring (bicyclic) bond motifs is 1. The second-order valence-corrected chi connectivity index (χ2v) is 8.78. The number of carboxylic acids is 1. The van der Waals surface area contributed by atoms with Crippen LogP contribution >= 0.6 is 0 Å². The number of Topliss-reactive ketones (excluding diaryl/α,β-unsaturated/α-hetero) is 1. The van der Waals surface area contributed by atoms with E-state index in [2.05, 4.69) is 5.32 Å². The third-order valence-corrected chi connectivity index (χ3v) is 6.44. The first kappa shape index (κ1) is 26.2. The lowest BCUT2D eigenvalue weighted by Crippen LogP contribution is -2.62. The molecule has 0 aliphatic carbocycles. The fourth-order valence-corrected chi connectivity index (χ4v) is 4.26. The third-order valence-electron chi connectivity index (χ3n) is 6.44. The highest BCUT2D eigenvalue weighted by atomic mass is 16.5. The van der Waals surface area contributed by atoms with Crippen molar-refractivity contribution in [1.82, 2.24) is 15.1 Å².